The summed E-state index contributed by atoms with van der Waals surface area (Å²) in [5.74, 6) is 4.48. The third-order valence-corrected chi connectivity index (χ3v) is 7.88. The summed E-state index contributed by atoms with van der Waals surface area (Å²) in [5, 5.41) is 0. The van der Waals surface area contributed by atoms with Gasteiger partial charge in [-0.25, -0.2) is 9.97 Å². The molecule has 1 atom stereocenters. The zero-order valence-corrected chi connectivity index (χ0v) is 22.1. The van der Waals surface area contributed by atoms with Gasteiger partial charge in [-0.05, 0) is 73.3 Å². The zero-order chi connectivity index (χ0) is 24.0. The lowest BCUT2D eigenvalue weighted by Gasteiger charge is -2.28. The van der Waals surface area contributed by atoms with Gasteiger partial charge >= 0.3 is 0 Å². The molecule has 0 saturated heterocycles. The maximum Gasteiger partial charge on any atom is 0.159 e. The summed E-state index contributed by atoms with van der Waals surface area (Å²) in [4.78, 5) is 9.20. The number of benzene rings is 1. The molecule has 0 spiro atoms. The monoisotopic (exact) mass is 464 g/mol. The first-order valence-corrected chi connectivity index (χ1v) is 14.2. The summed E-state index contributed by atoms with van der Waals surface area (Å²) in [5.41, 5.74) is 2.28. The maximum atomic E-state index is 6.03. The van der Waals surface area contributed by atoms with Crippen LogP contribution in [0, 0.1) is 17.8 Å². The minimum atomic E-state index is 0.794. The predicted molar refractivity (Wildman–Crippen MR) is 144 cm³/mol. The lowest BCUT2D eigenvalue weighted by Crippen LogP contribution is -2.15. The van der Waals surface area contributed by atoms with Crippen molar-refractivity contribution >= 4 is 0 Å². The number of hydrogen-bond donors (Lipinski definition) is 0. The van der Waals surface area contributed by atoms with Gasteiger partial charge in [0, 0.05) is 18.0 Å². The summed E-state index contributed by atoms with van der Waals surface area (Å²) in [6, 6.07) is 8.26. The largest absolute Gasteiger partial charge is 0.494 e. The number of hydrogen-bond acceptors (Lipinski definition) is 3. The fraction of sp³-hybridized carbons (Fsp3) is 0.677. The van der Waals surface area contributed by atoms with Crippen LogP contribution in [0.2, 0.25) is 0 Å². The van der Waals surface area contributed by atoms with Crippen molar-refractivity contribution in [2.45, 2.75) is 111 Å². The number of nitrogens with zero attached hydrogens (tertiary/aromatic N) is 2. The second-order valence-corrected chi connectivity index (χ2v) is 10.7. The average molecular weight is 465 g/mol. The second kappa shape index (κ2) is 15.2. The number of rotatable bonds is 15. The summed E-state index contributed by atoms with van der Waals surface area (Å²) in [6.45, 7) is 7.71. The standard InChI is InChI=1S/C31H48N2O/c1-4-6-7-11-26-14-16-27(17-15-26)13-9-22-34-30-20-18-29(19-21-30)31-32-23-28(24-33-31)12-8-10-25(3)5-2/h18-21,23-27H,4-17,22H2,1-3H3/t25-,26?,27?/m0/s1. The molecule has 3 heteroatoms. The van der Waals surface area contributed by atoms with Crippen LogP contribution in [0.15, 0.2) is 36.7 Å². The second-order valence-electron chi connectivity index (χ2n) is 10.7. The van der Waals surface area contributed by atoms with Crippen molar-refractivity contribution in [1.82, 2.24) is 9.97 Å². The van der Waals surface area contributed by atoms with E-state index in [1.807, 2.05) is 12.4 Å². The Hall–Kier alpha value is -1.90. The van der Waals surface area contributed by atoms with Gasteiger partial charge < -0.3 is 4.74 Å². The molecular weight excluding hydrogens is 416 g/mol. The summed E-state index contributed by atoms with van der Waals surface area (Å²) in [7, 11) is 0. The highest BCUT2D eigenvalue weighted by Gasteiger charge is 2.20. The van der Waals surface area contributed by atoms with Gasteiger partial charge in [0.2, 0.25) is 0 Å². The van der Waals surface area contributed by atoms with Gasteiger partial charge in [0.15, 0.2) is 5.82 Å². The number of ether oxygens (including phenoxy) is 1. The molecule has 0 radical (unpaired) electrons. The molecule has 34 heavy (non-hydrogen) atoms. The molecular formula is C31H48N2O. The van der Waals surface area contributed by atoms with Gasteiger partial charge in [0.05, 0.1) is 6.61 Å². The van der Waals surface area contributed by atoms with Crippen LogP contribution in [0.4, 0.5) is 0 Å². The van der Waals surface area contributed by atoms with Gasteiger partial charge in [-0.1, -0.05) is 85.0 Å². The van der Waals surface area contributed by atoms with Gasteiger partial charge in [0.1, 0.15) is 5.75 Å². The zero-order valence-electron chi connectivity index (χ0n) is 22.1. The first kappa shape index (κ1) is 26.7. The van der Waals surface area contributed by atoms with Crippen molar-refractivity contribution in [2.24, 2.45) is 17.8 Å². The molecule has 0 unspecified atom stereocenters. The predicted octanol–water partition coefficient (Wildman–Crippen LogP) is 9.06. The molecule has 3 rings (SSSR count). The number of aromatic nitrogens is 2. The quantitative estimate of drug-likeness (QED) is 0.247. The molecule has 1 aromatic heterocycles. The van der Waals surface area contributed by atoms with Crippen molar-refractivity contribution in [2.75, 3.05) is 6.61 Å². The first-order chi connectivity index (χ1) is 16.7. The van der Waals surface area contributed by atoms with Crippen molar-refractivity contribution in [1.29, 1.82) is 0 Å². The van der Waals surface area contributed by atoms with E-state index in [1.165, 1.54) is 82.6 Å². The normalized spacial score (nSPS) is 19.1. The number of unbranched alkanes of at least 4 members (excludes halogenated alkanes) is 2. The highest BCUT2D eigenvalue weighted by molar-refractivity contribution is 5.55. The Morgan fingerprint density at radius 2 is 1.50 bits per heavy atom. The van der Waals surface area contributed by atoms with Crippen LogP contribution in [0.1, 0.15) is 110 Å². The topological polar surface area (TPSA) is 35.0 Å². The molecule has 1 fully saturated rings. The average Bonchev–Trinajstić information content (AvgIpc) is 2.88. The van der Waals surface area contributed by atoms with Crippen molar-refractivity contribution in [3.63, 3.8) is 0 Å². The van der Waals surface area contributed by atoms with E-state index in [-0.39, 0.29) is 0 Å². The van der Waals surface area contributed by atoms with E-state index in [1.54, 1.807) is 0 Å². The smallest absolute Gasteiger partial charge is 0.159 e. The van der Waals surface area contributed by atoms with Crippen molar-refractivity contribution in [3.05, 3.63) is 42.2 Å². The Morgan fingerprint density at radius 1 is 0.853 bits per heavy atom. The van der Waals surface area contributed by atoms with Crippen LogP contribution in [0.5, 0.6) is 5.75 Å². The Balaban J connectivity index is 1.32. The molecule has 0 amide bonds. The van der Waals surface area contributed by atoms with E-state index in [4.69, 9.17) is 4.74 Å². The van der Waals surface area contributed by atoms with E-state index in [0.29, 0.717) is 0 Å². The Kier molecular flexibility index (Phi) is 11.9. The van der Waals surface area contributed by atoms with Gasteiger partial charge in [0.25, 0.3) is 0 Å². The fourth-order valence-electron chi connectivity index (χ4n) is 5.25. The molecule has 1 heterocycles. The molecule has 1 aliphatic carbocycles. The van der Waals surface area contributed by atoms with Crippen LogP contribution >= 0.6 is 0 Å². The Morgan fingerprint density at radius 3 is 2.12 bits per heavy atom. The SMILES string of the molecule is CCCCCC1CCC(CCCOc2ccc(-c3ncc(CCC[C@@H](C)CC)cn3)cc2)CC1. The van der Waals surface area contributed by atoms with Crippen molar-refractivity contribution < 1.29 is 4.74 Å². The molecule has 3 nitrogen and oxygen atoms in total. The van der Waals surface area contributed by atoms with Crippen LogP contribution in [-0.4, -0.2) is 16.6 Å². The third-order valence-electron chi connectivity index (χ3n) is 7.88. The third kappa shape index (κ3) is 9.39. The van der Waals surface area contributed by atoms with E-state index >= 15 is 0 Å². The van der Waals surface area contributed by atoms with Crippen LogP contribution < -0.4 is 4.74 Å². The minimum absolute atomic E-state index is 0.794. The van der Waals surface area contributed by atoms with Gasteiger partial charge in [-0.15, -0.1) is 0 Å². The molecule has 0 aliphatic heterocycles. The van der Waals surface area contributed by atoms with Gasteiger partial charge in [-0.2, -0.15) is 0 Å². The summed E-state index contributed by atoms with van der Waals surface area (Å²) in [6.07, 6.45) is 22.7. The maximum absolute atomic E-state index is 6.03. The van der Waals surface area contributed by atoms with E-state index in [0.717, 1.165) is 54.3 Å². The highest BCUT2D eigenvalue weighted by atomic mass is 16.5. The number of aryl methyl sites for hydroxylation is 1. The molecule has 188 valence electrons. The first-order valence-electron chi connectivity index (χ1n) is 14.2. The Bertz CT molecular complexity index is 778. The molecule has 0 bridgehead atoms. The summed E-state index contributed by atoms with van der Waals surface area (Å²) >= 11 is 0. The molecule has 0 N–H and O–H groups in total. The molecule has 2 aromatic rings. The summed E-state index contributed by atoms with van der Waals surface area (Å²) < 4.78 is 6.03. The van der Waals surface area contributed by atoms with E-state index in [9.17, 15) is 0 Å². The molecule has 1 saturated carbocycles. The van der Waals surface area contributed by atoms with Gasteiger partial charge in [-0.3, -0.25) is 0 Å². The Labute approximate surface area is 209 Å². The highest BCUT2D eigenvalue weighted by Crippen LogP contribution is 2.34. The van der Waals surface area contributed by atoms with Crippen LogP contribution in [0.3, 0.4) is 0 Å². The van der Waals surface area contributed by atoms with E-state index < -0.39 is 0 Å². The molecule has 1 aliphatic rings. The van der Waals surface area contributed by atoms with E-state index in [2.05, 4.69) is 55.0 Å². The minimum Gasteiger partial charge on any atom is -0.494 e. The van der Waals surface area contributed by atoms with Crippen LogP contribution in [-0.2, 0) is 6.42 Å². The van der Waals surface area contributed by atoms with Crippen LogP contribution in [0.25, 0.3) is 11.4 Å². The van der Waals surface area contributed by atoms with Crippen molar-refractivity contribution in [3.8, 4) is 17.1 Å². The fourth-order valence-corrected chi connectivity index (χ4v) is 5.25. The molecule has 1 aromatic carbocycles. The lowest BCUT2D eigenvalue weighted by molar-refractivity contribution is 0.228. The lowest BCUT2D eigenvalue weighted by atomic mass is 9.78.